The molecule has 1 heterocycles. The molecule has 0 radical (unpaired) electrons. The maximum Gasteiger partial charge on any atom is 0.269 e. The number of nitrogens with zero attached hydrogens (tertiary/aromatic N) is 2. The number of pyridine rings is 1. The molecule has 0 aliphatic rings. The van der Waals surface area contributed by atoms with Gasteiger partial charge in [-0.3, -0.25) is 10.1 Å². The Bertz CT molecular complexity index is 515. The highest BCUT2D eigenvalue weighted by Crippen LogP contribution is 2.12. The predicted molar refractivity (Wildman–Crippen MR) is 77.4 cm³/mol. The molecule has 0 saturated heterocycles. The van der Waals surface area contributed by atoms with Crippen molar-refractivity contribution in [1.29, 1.82) is 0 Å². The minimum absolute atomic E-state index is 0.103. The van der Waals surface area contributed by atoms with Crippen molar-refractivity contribution in [3.05, 3.63) is 64.3 Å². The maximum atomic E-state index is 10.5. The van der Waals surface area contributed by atoms with Gasteiger partial charge in [0.25, 0.3) is 5.69 Å². The number of anilines is 1. The van der Waals surface area contributed by atoms with Crippen LogP contribution in [0.5, 0.6) is 0 Å². The summed E-state index contributed by atoms with van der Waals surface area (Å²) in [5, 5.41) is 21.2. The summed E-state index contributed by atoms with van der Waals surface area (Å²) in [5.74, 6) is 0.783. The fourth-order valence-corrected chi connectivity index (χ4v) is 1.40. The summed E-state index contributed by atoms with van der Waals surface area (Å²) in [5.41, 5.74) is 1.08. The summed E-state index contributed by atoms with van der Waals surface area (Å²) in [6.45, 7) is 2.52. The normalized spacial score (nSPS) is 9.30. The molecule has 0 saturated carbocycles. The Hall–Kier alpha value is -2.47. The third-order valence-electron chi connectivity index (χ3n) is 2.29. The third-order valence-corrected chi connectivity index (χ3v) is 2.29. The van der Waals surface area contributed by atoms with Crippen LogP contribution < -0.4 is 5.32 Å². The summed E-state index contributed by atoms with van der Waals surface area (Å²) in [4.78, 5) is 14.2. The molecule has 0 fully saturated rings. The zero-order valence-corrected chi connectivity index (χ0v) is 11.2. The van der Waals surface area contributed by atoms with Crippen molar-refractivity contribution in [3.63, 3.8) is 0 Å². The second-order valence-electron chi connectivity index (χ2n) is 3.81. The summed E-state index contributed by atoms with van der Waals surface area (Å²) in [6.07, 6.45) is 1.71. The summed E-state index contributed by atoms with van der Waals surface area (Å²) in [7, 11) is 0. The average molecular weight is 275 g/mol. The molecule has 1 aromatic heterocycles. The minimum atomic E-state index is -0.407. The molecule has 20 heavy (non-hydrogen) atoms. The number of nitrogens with one attached hydrogen (secondary N) is 1. The van der Waals surface area contributed by atoms with Gasteiger partial charge >= 0.3 is 0 Å². The zero-order valence-electron chi connectivity index (χ0n) is 11.2. The number of rotatable bonds is 4. The van der Waals surface area contributed by atoms with Crippen molar-refractivity contribution >= 4 is 11.5 Å². The predicted octanol–water partition coefficient (Wildman–Crippen LogP) is 2.60. The highest BCUT2D eigenvalue weighted by atomic mass is 16.6. The molecule has 6 nitrogen and oxygen atoms in total. The van der Waals surface area contributed by atoms with Gasteiger partial charge in [-0.1, -0.05) is 18.2 Å². The minimum Gasteiger partial charge on any atom is -0.397 e. The number of nitro benzene ring substituents is 1. The Morgan fingerprint density at radius 2 is 1.90 bits per heavy atom. The van der Waals surface area contributed by atoms with E-state index in [0.29, 0.717) is 6.54 Å². The van der Waals surface area contributed by atoms with Crippen LogP contribution in [0.2, 0.25) is 0 Å². The molecule has 2 N–H and O–H groups in total. The third kappa shape index (κ3) is 5.45. The zero-order chi connectivity index (χ0) is 14.8. The van der Waals surface area contributed by atoms with Crippen LogP contribution in [0.1, 0.15) is 12.5 Å². The van der Waals surface area contributed by atoms with Crippen molar-refractivity contribution in [2.24, 2.45) is 0 Å². The van der Waals surface area contributed by atoms with Crippen LogP contribution in [0.3, 0.4) is 0 Å². The number of aromatic nitrogens is 1. The molecule has 0 aliphatic carbocycles. The van der Waals surface area contributed by atoms with Crippen LogP contribution >= 0.6 is 0 Å². The lowest BCUT2D eigenvalue weighted by atomic mass is 10.2. The fourth-order valence-electron chi connectivity index (χ4n) is 1.40. The number of hydrogen-bond donors (Lipinski definition) is 2. The summed E-state index contributed by atoms with van der Waals surface area (Å²) >= 11 is 0. The van der Waals surface area contributed by atoms with E-state index in [2.05, 4.69) is 10.3 Å². The Morgan fingerprint density at radius 3 is 2.40 bits per heavy atom. The number of aliphatic hydroxyl groups is 1. The molecule has 6 heteroatoms. The molecular formula is C14H17N3O3. The number of benzene rings is 1. The lowest BCUT2D eigenvalue weighted by Gasteiger charge is -2.04. The largest absolute Gasteiger partial charge is 0.397 e. The van der Waals surface area contributed by atoms with Crippen LogP contribution in [-0.4, -0.2) is 21.6 Å². The summed E-state index contributed by atoms with van der Waals surface area (Å²) in [6, 6.07) is 12.1. The highest BCUT2D eigenvalue weighted by Gasteiger charge is 2.03. The monoisotopic (exact) mass is 275 g/mol. The standard InChI is InChI=1S/C12H11N3O2.C2H6O/c16-15(17)11-6-4-10(5-7-11)9-14-12-3-1-2-8-13-12;1-2-3/h1-8H,9H2,(H,13,14);3H,2H2,1H3. The van der Waals surface area contributed by atoms with E-state index in [9.17, 15) is 10.1 Å². The van der Waals surface area contributed by atoms with Crippen molar-refractivity contribution in [2.45, 2.75) is 13.5 Å². The van der Waals surface area contributed by atoms with Gasteiger partial charge in [0, 0.05) is 31.5 Å². The van der Waals surface area contributed by atoms with Gasteiger partial charge in [-0.05, 0) is 24.6 Å². The topological polar surface area (TPSA) is 88.3 Å². The van der Waals surface area contributed by atoms with E-state index in [0.717, 1.165) is 11.4 Å². The van der Waals surface area contributed by atoms with E-state index in [4.69, 9.17) is 5.11 Å². The Labute approximate surface area is 117 Å². The van der Waals surface area contributed by atoms with Crippen molar-refractivity contribution in [1.82, 2.24) is 4.98 Å². The molecule has 1 aromatic carbocycles. The highest BCUT2D eigenvalue weighted by molar-refractivity contribution is 5.37. The average Bonchev–Trinajstić information content (AvgIpc) is 2.47. The van der Waals surface area contributed by atoms with Gasteiger partial charge in [0.05, 0.1) is 4.92 Å². The van der Waals surface area contributed by atoms with E-state index in [-0.39, 0.29) is 12.3 Å². The van der Waals surface area contributed by atoms with Crippen molar-refractivity contribution in [2.75, 3.05) is 11.9 Å². The molecule has 0 amide bonds. The second kappa shape index (κ2) is 8.60. The van der Waals surface area contributed by atoms with Gasteiger partial charge in [0.15, 0.2) is 0 Å². The first-order chi connectivity index (χ1) is 9.67. The van der Waals surface area contributed by atoms with E-state index >= 15 is 0 Å². The van der Waals surface area contributed by atoms with Crippen LogP contribution in [0.25, 0.3) is 0 Å². The molecule has 2 rings (SSSR count). The molecule has 0 atom stereocenters. The van der Waals surface area contributed by atoms with E-state index in [1.54, 1.807) is 25.3 Å². The van der Waals surface area contributed by atoms with E-state index in [1.807, 2.05) is 18.2 Å². The van der Waals surface area contributed by atoms with Gasteiger partial charge in [0.1, 0.15) is 5.82 Å². The van der Waals surface area contributed by atoms with Gasteiger partial charge in [-0.25, -0.2) is 4.98 Å². The molecule has 0 aliphatic heterocycles. The first-order valence-corrected chi connectivity index (χ1v) is 6.16. The molecule has 0 bridgehead atoms. The Kier molecular flexibility index (Phi) is 6.70. The Balaban J connectivity index is 0.000000612. The SMILES string of the molecule is CCO.O=[N+]([O-])c1ccc(CNc2ccccn2)cc1. The molecule has 2 aromatic rings. The van der Waals surface area contributed by atoms with Crippen LogP contribution in [0.4, 0.5) is 11.5 Å². The number of aliphatic hydroxyl groups excluding tert-OH is 1. The van der Waals surface area contributed by atoms with E-state index in [1.165, 1.54) is 12.1 Å². The lowest BCUT2D eigenvalue weighted by molar-refractivity contribution is -0.384. The second-order valence-corrected chi connectivity index (χ2v) is 3.81. The molecule has 0 spiro atoms. The van der Waals surface area contributed by atoms with Crippen LogP contribution in [-0.2, 0) is 6.54 Å². The van der Waals surface area contributed by atoms with Crippen LogP contribution in [0, 0.1) is 10.1 Å². The van der Waals surface area contributed by atoms with Gasteiger partial charge in [-0.15, -0.1) is 0 Å². The lowest BCUT2D eigenvalue weighted by Crippen LogP contribution is -2.00. The van der Waals surface area contributed by atoms with Crippen molar-refractivity contribution < 1.29 is 10.0 Å². The number of hydrogen-bond acceptors (Lipinski definition) is 5. The molecular weight excluding hydrogens is 258 g/mol. The fraction of sp³-hybridized carbons (Fsp3) is 0.214. The first-order valence-electron chi connectivity index (χ1n) is 6.16. The molecule has 106 valence electrons. The van der Waals surface area contributed by atoms with Gasteiger partial charge in [-0.2, -0.15) is 0 Å². The smallest absolute Gasteiger partial charge is 0.269 e. The quantitative estimate of drug-likeness (QED) is 0.661. The summed E-state index contributed by atoms with van der Waals surface area (Å²) < 4.78 is 0. The Morgan fingerprint density at radius 1 is 1.25 bits per heavy atom. The van der Waals surface area contributed by atoms with Gasteiger partial charge < -0.3 is 10.4 Å². The number of nitro groups is 1. The van der Waals surface area contributed by atoms with Gasteiger partial charge in [0.2, 0.25) is 0 Å². The first kappa shape index (κ1) is 15.6. The molecule has 0 unspecified atom stereocenters. The van der Waals surface area contributed by atoms with Crippen molar-refractivity contribution in [3.8, 4) is 0 Å². The maximum absolute atomic E-state index is 10.5. The van der Waals surface area contributed by atoms with E-state index < -0.39 is 4.92 Å². The number of non-ortho nitro benzene ring substituents is 1. The van der Waals surface area contributed by atoms with Crippen LogP contribution in [0.15, 0.2) is 48.7 Å².